The van der Waals surface area contributed by atoms with Crippen molar-refractivity contribution in [1.82, 2.24) is 34.3 Å². The molecule has 6 rings (SSSR count). The summed E-state index contributed by atoms with van der Waals surface area (Å²) >= 11 is 0. The lowest BCUT2D eigenvalue weighted by Crippen LogP contribution is -2.47. The van der Waals surface area contributed by atoms with Crippen LogP contribution in [-0.2, 0) is 5.54 Å². The maximum Gasteiger partial charge on any atom is 0.234 e. The molecule has 4 heterocycles. The molecule has 158 valence electrons. The first-order valence-corrected chi connectivity index (χ1v) is 10.6. The van der Waals surface area contributed by atoms with E-state index >= 15 is 0 Å². The Kier molecular flexibility index (Phi) is 4.17. The summed E-state index contributed by atoms with van der Waals surface area (Å²) in [6, 6.07) is 14.4. The number of aromatic nitrogens is 7. The third-order valence-corrected chi connectivity index (χ3v) is 6.34. The van der Waals surface area contributed by atoms with E-state index in [-0.39, 0.29) is 12.3 Å². The Labute approximate surface area is 188 Å². The molecule has 0 atom stereocenters. The van der Waals surface area contributed by atoms with E-state index in [9.17, 15) is 10.5 Å². The van der Waals surface area contributed by atoms with Crippen LogP contribution in [0.3, 0.4) is 0 Å². The first-order valence-electron chi connectivity index (χ1n) is 10.6. The average Bonchev–Trinajstić information content (AvgIpc) is 3.48. The molecule has 1 saturated carbocycles. The van der Waals surface area contributed by atoms with Crippen molar-refractivity contribution in [1.29, 1.82) is 10.5 Å². The normalized spacial score (nSPS) is 19.8. The monoisotopic (exact) mass is 431 g/mol. The number of rotatable bonds is 4. The number of imidazole rings is 1. The lowest BCUT2D eigenvalue weighted by atomic mass is 9.68. The van der Waals surface area contributed by atoms with Gasteiger partial charge in [0.05, 0.1) is 53.6 Å². The fourth-order valence-electron chi connectivity index (χ4n) is 4.67. The standard InChI is InChI=1S/C24H17N9/c25-5-4-24(11-16(12-24)13-26)33-30-14-21(31-33)19-9-17(10-20-18(19)3-1-6-27-20)22-15-29-23-28-7-2-8-32(22)23/h1-3,6-10,14-16H,4,11-12H2/t16-,24+. The molecule has 1 aliphatic rings. The number of pyridine rings is 1. The van der Waals surface area contributed by atoms with Gasteiger partial charge in [-0.15, -0.1) is 0 Å². The van der Waals surface area contributed by atoms with E-state index in [0.29, 0.717) is 24.3 Å². The number of nitriles is 2. The van der Waals surface area contributed by atoms with Crippen LogP contribution in [0, 0.1) is 28.6 Å². The highest BCUT2D eigenvalue weighted by Gasteiger charge is 2.48. The van der Waals surface area contributed by atoms with Gasteiger partial charge in [0.15, 0.2) is 0 Å². The molecule has 0 spiro atoms. The Hall–Kier alpha value is -4.63. The number of nitrogens with zero attached hydrogens (tertiary/aromatic N) is 9. The maximum absolute atomic E-state index is 9.36. The predicted molar refractivity (Wildman–Crippen MR) is 119 cm³/mol. The van der Waals surface area contributed by atoms with E-state index in [2.05, 4.69) is 38.3 Å². The Morgan fingerprint density at radius 3 is 2.79 bits per heavy atom. The van der Waals surface area contributed by atoms with Crippen LogP contribution in [0.1, 0.15) is 19.3 Å². The fourth-order valence-corrected chi connectivity index (χ4v) is 4.67. The molecule has 0 bridgehead atoms. The van der Waals surface area contributed by atoms with Crippen molar-refractivity contribution in [2.45, 2.75) is 24.8 Å². The number of hydrogen-bond acceptors (Lipinski definition) is 7. The summed E-state index contributed by atoms with van der Waals surface area (Å²) in [4.78, 5) is 14.9. The second kappa shape index (κ2) is 7.21. The minimum atomic E-state index is -0.521. The van der Waals surface area contributed by atoms with E-state index in [4.69, 9.17) is 5.10 Å². The number of hydrogen-bond donors (Lipinski definition) is 0. The molecule has 9 nitrogen and oxygen atoms in total. The van der Waals surface area contributed by atoms with Crippen molar-refractivity contribution in [3.63, 3.8) is 0 Å². The molecule has 0 unspecified atom stereocenters. The molecular formula is C24H17N9. The van der Waals surface area contributed by atoms with Crippen molar-refractivity contribution >= 4 is 16.7 Å². The highest BCUT2D eigenvalue weighted by Crippen LogP contribution is 2.45. The van der Waals surface area contributed by atoms with Gasteiger partial charge in [-0.1, -0.05) is 6.07 Å². The molecule has 1 fully saturated rings. The van der Waals surface area contributed by atoms with E-state index in [1.54, 1.807) is 29.6 Å². The van der Waals surface area contributed by atoms with Crippen molar-refractivity contribution in [3.05, 3.63) is 61.3 Å². The van der Waals surface area contributed by atoms with Gasteiger partial charge < -0.3 is 0 Å². The summed E-state index contributed by atoms with van der Waals surface area (Å²) in [6.45, 7) is 0. The van der Waals surface area contributed by atoms with Crippen molar-refractivity contribution in [3.8, 4) is 34.7 Å². The van der Waals surface area contributed by atoms with Crippen LogP contribution in [-0.4, -0.2) is 34.3 Å². The van der Waals surface area contributed by atoms with Crippen LogP contribution in [0.2, 0.25) is 0 Å². The largest absolute Gasteiger partial charge is 0.284 e. The van der Waals surface area contributed by atoms with Gasteiger partial charge >= 0.3 is 0 Å². The van der Waals surface area contributed by atoms with Crippen molar-refractivity contribution < 1.29 is 0 Å². The van der Waals surface area contributed by atoms with Gasteiger partial charge in [-0.3, -0.25) is 9.38 Å². The molecule has 0 radical (unpaired) electrons. The predicted octanol–water partition coefficient (Wildman–Crippen LogP) is 3.75. The maximum atomic E-state index is 9.36. The average molecular weight is 431 g/mol. The van der Waals surface area contributed by atoms with E-state index in [1.165, 1.54) is 0 Å². The number of benzene rings is 1. The van der Waals surface area contributed by atoms with Crippen molar-refractivity contribution in [2.75, 3.05) is 0 Å². The first kappa shape index (κ1) is 19.1. The van der Waals surface area contributed by atoms with Gasteiger partial charge in [0.1, 0.15) is 5.69 Å². The third-order valence-electron chi connectivity index (χ3n) is 6.34. The van der Waals surface area contributed by atoms with Crippen LogP contribution in [0.5, 0.6) is 0 Å². The Morgan fingerprint density at radius 2 is 1.94 bits per heavy atom. The topological polar surface area (TPSA) is 121 Å². The third kappa shape index (κ3) is 2.94. The van der Waals surface area contributed by atoms with Crippen LogP contribution >= 0.6 is 0 Å². The Balaban J connectivity index is 1.50. The van der Waals surface area contributed by atoms with Crippen LogP contribution in [0.15, 0.2) is 61.3 Å². The summed E-state index contributed by atoms with van der Waals surface area (Å²) in [5, 5.41) is 28.8. The van der Waals surface area contributed by atoms with E-state index in [1.807, 2.05) is 34.9 Å². The number of fused-ring (bicyclic) bond motifs is 2. The molecule has 0 N–H and O–H groups in total. The molecule has 1 aliphatic carbocycles. The van der Waals surface area contributed by atoms with Crippen LogP contribution < -0.4 is 0 Å². The lowest BCUT2D eigenvalue weighted by molar-refractivity contribution is 0.0713. The zero-order valence-corrected chi connectivity index (χ0v) is 17.5. The summed E-state index contributed by atoms with van der Waals surface area (Å²) < 4.78 is 1.93. The summed E-state index contributed by atoms with van der Waals surface area (Å²) in [5.74, 6) is 0.557. The summed E-state index contributed by atoms with van der Waals surface area (Å²) in [6.07, 6.45) is 10.4. The van der Waals surface area contributed by atoms with Gasteiger partial charge in [-0.05, 0) is 37.1 Å². The molecule has 0 saturated heterocycles. The minimum absolute atomic E-state index is 0.0649. The Bertz CT molecular complexity index is 1590. The van der Waals surface area contributed by atoms with E-state index in [0.717, 1.165) is 27.7 Å². The molecule has 0 amide bonds. The zero-order valence-electron chi connectivity index (χ0n) is 17.5. The van der Waals surface area contributed by atoms with Gasteiger partial charge in [-0.2, -0.15) is 25.5 Å². The van der Waals surface area contributed by atoms with Crippen LogP contribution in [0.25, 0.3) is 39.2 Å². The molecule has 1 aromatic carbocycles. The van der Waals surface area contributed by atoms with Gasteiger partial charge in [0.2, 0.25) is 5.78 Å². The molecule has 33 heavy (non-hydrogen) atoms. The van der Waals surface area contributed by atoms with Crippen LogP contribution in [0.4, 0.5) is 0 Å². The summed E-state index contributed by atoms with van der Waals surface area (Å²) in [7, 11) is 0. The highest BCUT2D eigenvalue weighted by molar-refractivity contribution is 5.97. The first-order chi connectivity index (χ1) is 16.2. The summed E-state index contributed by atoms with van der Waals surface area (Å²) in [5.41, 5.74) is 3.73. The second-order valence-electron chi connectivity index (χ2n) is 8.34. The van der Waals surface area contributed by atoms with Gasteiger partial charge in [0.25, 0.3) is 0 Å². The molecular weight excluding hydrogens is 414 g/mol. The molecule has 0 aliphatic heterocycles. The molecule has 4 aromatic heterocycles. The Morgan fingerprint density at radius 1 is 1.06 bits per heavy atom. The SMILES string of the molecule is N#CC[C@]1(n2ncc(-c3cc(-c4cnc5ncccn45)cc4ncccc34)n2)C[C@@H](C#N)C1. The second-order valence-corrected chi connectivity index (χ2v) is 8.34. The molecule has 5 aromatic rings. The fraction of sp³-hybridized carbons (Fsp3) is 0.208. The lowest BCUT2D eigenvalue weighted by Gasteiger charge is -2.42. The van der Waals surface area contributed by atoms with Gasteiger partial charge in [0, 0.05) is 35.1 Å². The van der Waals surface area contributed by atoms with Crippen molar-refractivity contribution in [2.24, 2.45) is 5.92 Å². The van der Waals surface area contributed by atoms with E-state index < -0.39 is 5.54 Å². The quantitative estimate of drug-likeness (QED) is 0.425. The highest BCUT2D eigenvalue weighted by atomic mass is 15.5. The smallest absolute Gasteiger partial charge is 0.234 e. The minimum Gasteiger partial charge on any atom is -0.284 e. The molecule has 9 heteroatoms. The van der Waals surface area contributed by atoms with Gasteiger partial charge in [-0.25, -0.2) is 9.97 Å². The zero-order chi connectivity index (χ0) is 22.4.